The van der Waals surface area contributed by atoms with E-state index < -0.39 is 11.8 Å². The van der Waals surface area contributed by atoms with Crippen LogP contribution in [0, 0.1) is 5.92 Å². The van der Waals surface area contributed by atoms with E-state index in [0.29, 0.717) is 28.3 Å². The molecule has 2 rings (SSSR count). The zero-order valence-electron chi connectivity index (χ0n) is 17.1. The number of carbonyl (C=O) groups excluding carboxylic acids is 3. The molecular weight excluding hydrogens is 436 g/mol. The van der Waals surface area contributed by atoms with Gasteiger partial charge < -0.3 is 5.32 Å². The molecule has 0 radical (unpaired) electrons. The fourth-order valence-corrected chi connectivity index (χ4v) is 2.78. The minimum absolute atomic E-state index is 0.0697. The third-order valence-corrected chi connectivity index (χ3v) is 4.42. The van der Waals surface area contributed by atoms with Gasteiger partial charge >= 0.3 is 0 Å². The molecule has 31 heavy (non-hydrogen) atoms. The summed E-state index contributed by atoms with van der Waals surface area (Å²) in [5.74, 6) is -0.762. The van der Waals surface area contributed by atoms with Crippen molar-refractivity contribution < 1.29 is 14.4 Å². The van der Waals surface area contributed by atoms with Gasteiger partial charge in [-0.25, -0.2) is 0 Å². The van der Waals surface area contributed by atoms with E-state index in [1.54, 1.807) is 54.6 Å². The van der Waals surface area contributed by atoms with Gasteiger partial charge in [0.05, 0.1) is 0 Å². The van der Waals surface area contributed by atoms with Gasteiger partial charge in [-0.3, -0.25) is 30.6 Å². The summed E-state index contributed by atoms with van der Waals surface area (Å²) < 4.78 is 0. The maximum absolute atomic E-state index is 12.2. The van der Waals surface area contributed by atoms with Crippen molar-refractivity contribution in [3.63, 3.8) is 0 Å². The Labute approximate surface area is 191 Å². The summed E-state index contributed by atoms with van der Waals surface area (Å²) >= 11 is 11.0. The molecule has 7 nitrogen and oxygen atoms in total. The van der Waals surface area contributed by atoms with Gasteiger partial charge in [-0.15, -0.1) is 0 Å². The first kappa shape index (κ1) is 24.0. The van der Waals surface area contributed by atoms with E-state index in [4.69, 9.17) is 23.8 Å². The number of nitrogens with one attached hydrogen (secondary N) is 4. The van der Waals surface area contributed by atoms with Gasteiger partial charge in [0.15, 0.2) is 5.11 Å². The molecule has 2 aromatic carbocycles. The predicted molar refractivity (Wildman–Crippen MR) is 126 cm³/mol. The summed E-state index contributed by atoms with van der Waals surface area (Å²) in [7, 11) is 0. The van der Waals surface area contributed by atoms with Crippen LogP contribution in [-0.2, 0) is 9.59 Å². The number of thiocarbonyl (C=S) groups is 1. The average molecular weight is 459 g/mol. The van der Waals surface area contributed by atoms with Crippen molar-refractivity contribution >= 4 is 58.4 Å². The molecular formula is C22H23ClN4O3S. The van der Waals surface area contributed by atoms with Gasteiger partial charge in [-0.1, -0.05) is 43.6 Å². The molecule has 3 amide bonds. The Morgan fingerprint density at radius 1 is 1.03 bits per heavy atom. The lowest BCUT2D eigenvalue weighted by Crippen LogP contribution is -2.48. The summed E-state index contributed by atoms with van der Waals surface area (Å²) in [6.45, 7) is 3.92. The van der Waals surface area contributed by atoms with Crippen molar-refractivity contribution in [2.75, 3.05) is 5.32 Å². The molecule has 4 N–H and O–H groups in total. The highest BCUT2D eigenvalue weighted by atomic mass is 35.5. The standard InChI is InChI=1S/C22H23ClN4O3S/c1-14(2)13-20(29)24-17-10-7-16(8-11-17)21(30)26-27-22(31)25-19(28)12-9-15-5-3-4-6-18(15)23/h3-12,14H,13H2,1-2H3,(H,24,29)(H,26,30)(H2,25,27,28,31)/b12-9+. The Bertz CT molecular complexity index is 991. The molecule has 0 saturated heterocycles. The van der Waals surface area contributed by atoms with E-state index >= 15 is 0 Å². The maximum Gasteiger partial charge on any atom is 0.269 e. The summed E-state index contributed by atoms with van der Waals surface area (Å²) in [6.07, 6.45) is 3.26. The molecule has 0 saturated carbocycles. The van der Waals surface area contributed by atoms with E-state index in [2.05, 4.69) is 21.5 Å². The molecule has 0 atom stereocenters. The molecule has 0 aromatic heterocycles. The number of anilines is 1. The first-order valence-electron chi connectivity index (χ1n) is 9.48. The first-order valence-corrected chi connectivity index (χ1v) is 10.3. The number of hydrogen-bond donors (Lipinski definition) is 4. The monoisotopic (exact) mass is 458 g/mol. The molecule has 0 aliphatic heterocycles. The third-order valence-electron chi connectivity index (χ3n) is 3.87. The van der Waals surface area contributed by atoms with Crippen LogP contribution >= 0.6 is 23.8 Å². The molecule has 0 heterocycles. The Morgan fingerprint density at radius 3 is 2.35 bits per heavy atom. The second-order valence-corrected chi connectivity index (χ2v) is 7.79. The van der Waals surface area contributed by atoms with Gasteiger partial charge in [0.2, 0.25) is 11.8 Å². The lowest BCUT2D eigenvalue weighted by Gasteiger charge is -2.11. The molecule has 0 unspecified atom stereocenters. The molecule has 0 fully saturated rings. The highest BCUT2D eigenvalue weighted by molar-refractivity contribution is 7.80. The van der Waals surface area contributed by atoms with Crippen LogP contribution in [0.1, 0.15) is 36.2 Å². The molecule has 0 aliphatic rings. The summed E-state index contributed by atoms with van der Waals surface area (Å²) in [5.41, 5.74) is 6.50. The Kier molecular flexibility index (Phi) is 9.17. The predicted octanol–water partition coefficient (Wildman–Crippen LogP) is 3.67. The number of amides is 3. The third kappa shape index (κ3) is 8.57. The maximum atomic E-state index is 12.2. The minimum atomic E-state index is -0.479. The topological polar surface area (TPSA) is 99.3 Å². The Morgan fingerprint density at radius 2 is 1.71 bits per heavy atom. The number of hydrazine groups is 1. The molecule has 0 spiro atoms. The van der Waals surface area contributed by atoms with E-state index in [1.165, 1.54) is 6.08 Å². The molecule has 0 bridgehead atoms. The summed E-state index contributed by atoms with van der Waals surface area (Å²) in [6, 6.07) is 13.5. The van der Waals surface area contributed by atoms with Gasteiger partial charge in [0.1, 0.15) is 0 Å². The van der Waals surface area contributed by atoms with Crippen LogP contribution in [0.15, 0.2) is 54.6 Å². The fourth-order valence-electron chi connectivity index (χ4n) is 2.43. The van der Waals surface area contributed by atoms with E-state index in [1.807, 2.05) is 13.8 Å². The second-order valence-electron chi connectivity index (χ2n) is 6.98. The van der Waals surface area contributed by atoms with Crippen LogP contribution in [0.3, 0.4) is 0 Å². The number of rotatable bonds is 6. The van der Waals surface area contributed by atoms with Crippen LogP contribution in [0.2, 0.25) is 5.02 Å². The van der Waals surface area contributed by atoms with Crippen molar-refractivity contribution in [3.05, 3.63) is 70.8 Å². The first-order chi connectivity index (χ1) is 14.7. The van der Waals surface area contributed by atoms with E-state index in [9.17, 15) is 14.4 Å². The van der Waals surface area contributed by atoms with Crippen LogP contribution in [0.25, 0.3) is 6.08 Å². The number of carbonyl (C=O) groups is 3. The quantitative estimate of drug-likeness (QED) is 0.300. The number of hydrogen-bond acceptors (Lipinski definition) is 4. The zero-order valence-corrected chi connectivity index (χ0v) is 18.6. The average Bonchev–Trinajstić information content (AvgIpc) is 2.71. The van der Waals surface area contributed by atoms with Gasteiger partial charge in [0.25, 0.3) is 5.91 Å². The largest absolute Gasteiger partial charge is 0.326 e. The van der Waals surface area contributed by atoms with Crippen molar-refractivity contribution in [1.82, 2.24) is 16.2 Å². The molecule has 162 valence electrons. The SMILES string of the molecule is CC(C)CC(=O)Nc1ccc(C(=O)NNC(=S)NC(=O)/C=C/c2ccccc2Cl)cc1. The fraction of sp³-hybridized carbons (Fsp3) is 0.182. The number of halogens is 1. The van der Waals surface area contributed by atoms with Gasteiger partial charge in [-0.05, 0) is 60.1 Å². The van der Waals surface area contributed by atoms with Crippen molar-refractivity contribution in [2.24, 2.45) is 5.92 Å². The summed E-state index contributed by atoms with van der Waals surface area (Å²) in [5, 5.41) is 5.63. The Balaban J connectivity index is 1.79. The second kappa shape index (κ2) is 11.8. The van der Waals surface area contributed by atoms with Crippen molar-refractivity contribution in [1.29, 1.82) is 0 Å². The van der Waals surface area contributed by atoms with Gasteiger partial charge in [-0.2, -0.15) is 0 Å². The molecule has 9 heteroatoms. The molecule has 2 aromatic rings. The number of benzene rings is 2. The van der Waals surface area contributed by atoms with E-state index in [-0.39, 0.29) is 16.9 Å². The lowest BCUT2D eigenvalue weighted by atomic mass is 10.1. The van der Waals surface area contributed by atoms with Crippen molar-refractivity contribution in [3.8, 4) is 0 Å². The van der Waals surface area contributed by atoms with E-state index in [0.717, 1.165) is 0 Å². The van der Waals surface area contributed by atoms with Crippen LogP contribution in [0.5, 0.6) is 0 Å². The molecule has 0 aliphatic carbocycles. The normalized spacial score (nSPS) is 10.6. The smallest absolute Gasteiger partial charge is 0.269 e. The highest BCUT2D eigenvalue weighted by Crippen LogP contribution is 2.16. The van der Waals surface area contributed by atoms with Crippen LogP contribution in [-0.4, -0.2) is 22.8 Å². The zero-order chi connectivity index (χ0) is 22.8. The van der Waals surface area contributed by atoms with Crippen LogP contribution in [0.4, 0.5) is 5.69 Å². The summed E-state index contributed by atoms with van der Waals surface area (Å²) in [4.78, 5) is 35.9. The van der Waals surface area contributed by atoms with Crippen molar-refractivity contribution in [2.45, 2.75) is 20.3 Å². The van der Waals surface area contributed by atoms with Crippen LogP contribution < -0.4 is 21.5 Å². The minimum Gasteiger partial charge on any atom is -0.326 e. The van der Waals surface area contributed by atoms with Gasteiger partial charge in [0, 0.05) is 28.8 Å². The highest BCUT2D eigenvalue weighted by Gasteiger charge is 2.09. The Hall–Kier alpha value is -3.23. The lowest BCUT2D eigenvalue weighted by molar-refractivity contribution is -0.117.